The lowest BCUT2D eigenvalue weighted by molar-refractivity contribution is 0.572. The summed E-state index contributed by atoms with van der Waals surface area (Å²) in [7, 11) is 0. The molecule has 1 rings (SSSR count). The Morgan fingerprint density at radius 2 is 2.50 bits per heavy atom. The van der Waals surface area contributed by atoms with Crippen LogP contribution in [0.3, 0.4) is 0 Å². The second kappa shape index (κ2) is 3.77. The Kier molecular flexibility index (Phi) is 2.70. The van der Waals surface area contributed by atoms with E-state index in [4.69, 9.17) is 11.0 Å². The van der Waals surface area contributed by atoms with Gasteiger partial charge in [-0.2, -0.15) is 10.4 Å². The normalized spacial score (nSPS) is 9.67. The van der Waals surface area contributed by atoms with E-state index in [0.717, 1.165) is 18.7 Å². The highest BCUT2D eigenvalue weighted by Gasteiger charge is 2.00. The molecule has 1 aromatic heterocycles. The first-order valence-electron chi connectivity index (χ1n) is 3.90. The lowest BCUT2D eigenvalue weighted by atomic mass is 10.3. The Morgan fingerprint density at radius 1 is 1.75 bits per heavy atom. The summed E-state index contributed by atoms with van der Waals surface area (Å²) in [5.41, 5.74) is 7.29. The van der Waals surface area contributed by atoms with Gasteiger partial charge in [0, 0.05) is 13.0 Å². The second-order valence-corrected chi connectivity index (χ2v) is 2.67. The molecule has 64 valence electrons. The maximum Gasteiger partial charge on any atom is 0.0730 e. The predicted molar refractivity (Wildman–Crippen MR) is 46.2 cm³/mol. The van der Waals surface area contributed by atoms with Gasteiger partial charge in [-0.05, 0) is 13.3 Å². The first-order chi connectivity index (χ1) is 5.75. The summed E-state index contributed by atoms with van der Waals surface area (Å²) in [6.45, 7) is 2.70. The van der Waals surface area contributed by atoms with E-state index in [2.05, 4.69) is 11.2 Å². The van der Waals surface area contributed by atoms with E-state index < -0.39 is 0 Å². The fraction of sp³-hybridized carbons (Fsp3) is 0.500. The van der Waals surface area contributed by atoms with Crippen molar-refractivity contribution in [1.82, 2.24) is 9.78 Å². The molecule has 0 bridgehead atoms. The van der Waals surface area contributed by atoms with Crippen LogP contribution in [0.2, 0.25) is 0 Å². The van der Waals surface area contributed by atoms with E-state index in [9.17, 15) is 0 Å². The number of rotatable bonds is 3. The number of aryl methyl sites for hydroxylation is 1. The highest BCUT2D eigenvalue weighted by molar-refractivity contribution is 5.39. The van der Waals surface area contributed by atoms with Crippen LogP contribution < -0.4 is 5.73 Å². The third-order valence-electron chi connectivity index (χ3n) is 1.80. The summed E-state index contributed by atoms with van der Waals surface area (Å²) in [4.78, 5) is 0. The minimum absolute atomic E-state index is 0.569. The lowest BCUT2D eigenvalue weighted by Crippen LogP contribution is -2.02. The highest BCUT2D eigenvalue weighted by Crippen LogP contribution is 2.08. The van der Waals surface area contributed by atoms with Crippen molar-refractivity contribution in [3.8, 4) is 6.07 Å². The maximum absolute atomic E-state index is 8.31. The summed E-state index contributed by atoms with van der Waals surface area (Å²) in [6, 6.07) is 2.09. The van der Waals surface area contributed by atoms with Gasteiger partial charge in [0.15, 0.2) is 0 Å². The van der Waals surface area contributed by atoms with E-state index in [1.807, 2.05) is 11.6 Å². The monoisotopic (exact) mass is 164 g/mol. The zero-order chi connectivity index (χ0) is 8.97. The molecule has 4 nitrogen and oxygen atoms in total. The number of hydrogen-bond donors (Lipinski definition) is 1. The summed E-state index contributed by atoms with van der Waals surface area (Å²) in [5, 5.41) is 12.4. The Bertz CT molecular complexity index is 294. The van der Waals surface area contributed by atoms with Crippen LogP contribution >= 0.6 is 0 Å². The summed E-state index contributed by atoms with van der Waals surface area (Å²) in [5.74, 6) is 0. The molecule has 0 atom stereocenters. The van der Waals surface area contributed by atoms with Crippen LogP contribution in [0.5, 0.6) is 0 Å². The van der Waals surface area contributed by atoms with Crippen molar-refractivity contribution in [3.05, 3.63) is 11.9 Å². The van der Waals surface area contributed by atoms with Gasteiger partial charge in [-0.3, -0.25) is 4.68 Å². The number of nitrogens with two attached hydrogens (primary N) is 1. The molecule has 0 spiro atoms. The third-order valence-corrected chi connectivity index (χ3v) is 1.80. The molecule has 0 aliphatic carbocycles. The first kappa shape index (κ1) is 8.60. The highest BCUT2D eigenvalue weighted by atomic mass is 15.3. The lowest BCUT2D eigenvalue weighted by Gasteiger charge is -2.01. The number of nitriles is 1. The Labute approximate surface area is 71.6 Å². The van der Waals surface area contributed by atoms with Crippen molar-refractivity contribution in [1.29, 1.82) is 5.26 Å². The molecule has 4 heteroatoms. The maximum atomic E-state index is 8.31. The van der Waals surface area contributed by atoms with Gasteiger partial charge in [0.25, 0.3) is 0 Å². The van der Waals surface area contributed by atoms with Crippen LogP contribution in [0, 0.1) is 18.3 Å². The van der Waals surface area contributed by atoms with E-state index in [1.54, 1.807) is 6.20 Å². The number of anilines is 1. The van der Waals surface area contributed by atoms with Gasteiger partial charge in [0.05, 0.1) is 23.6 Å². The molecule has 0 aromatic carbocycles. The van der Waals surface area contributed by atoms with E-state index in [0.29, 0.717) is 12.1 Å². The molecule has 0 aliphatic heterocycles. The minimum Gasteiger partial charge on any atom is -0.396 e. The summed E-state index contributed by atoms with van der Waals surface area (Å²) >= 11 is 0. The second-order valence-electron chi connectivity index (χ2n) is 2.67. The molecule has 1 aromatic rings. The van der Waals surface area contributed by atoms with Gasteiger partial charge < -0.3 is 5.73 Å². The largest absolute Gasteiger partial charge is 0.396 e. The van der Waals surface area contributed by atoms with Gasteiger partial charge >= 0.3 is 0 Å². The average Bonchev–Trinajstić information content (AvgIpc) is 2.36. The van der Waals surface area contributed by atoms with E-state index in [-0.39, 0.29) is 0 Å². The molecule has 0 fully saturated rings. The molecule has 2 N–H and O–H groups in total. The molecule has 0 aliphatic rings. The van der Waals surface area contributed by atoms with Crippen molar-refractivity contribution < 1.29 is 0 Å². The molecule has 0 amide bonds. The van der Waals surface area contributed by atoms with Crippen LogP contribution in [-0.4, -0.2) is 9.78 Å². The first-order valence-corrected chi connectivity index (χ1v) is 3.90. The molecular formula is C8H12N4. The van der Waals surface area contributed by atoms with Gasteiger partial charge in [0.1, 0.15) is 0 Å². The fourth-order valence-corrected chi connectivity index (χ4v) is 0.994. The van der Waals surface area contributed by atoms with Gasteiger partial charge in [-0.1, -0.05) is 0 Å². The SMILES string of the molecule is Cc1c(N)cnn1CCCC#N. The number of nitrogens with zero attached hydrogens (tertiary/aromatic N) is 3. The van der Waals surface area contributed by atoms with Crippen LogP contribution in [0.4, 0.5) is 5.69 Å². The van der Waals surface area contributed by atoms with Gasteiger partial charge in [0.2, 0.25) is 0 Å². The Balaban J connectivity index is 2.53. The smallest absolute Gasteiger partial charge is 0.0730 e. The number of nitrogen functional groups attached to an aromatic ring is 1. The van der Waals surface area contributed by atoms with Gasteiger partial charge in [-0.15, -0.1) is 0 Å². The molecule has 0 radical (unpaired) electrons. The van der Waals surface area contributed by atoms with E-state index in [1.165, 1.54) is 0 Å². The zero-order valence-corrected chi connectivity index (χ0v) is 7.12. The molecule has 0 unspecified atom stereocenters. The van der Waals surface area contributed by atoms with Crippen LogP contribution in [0.25, 0.3) is 0 Å². The van der Waals surface area contributed by atoms with Crippen LogP contribution in [-0.2, 0) is 6.54 Å². The molecular weight excluding hydrogens is 152 g/mol. The third kappa shape index (κ3) is 1.76. The predicted octanol–water partition coefficient (Wildman–Crippen LogP) is 1.08. The molecule has 0 saturated heterocycles. The standard InChI is InChI=1S/C8H12N4/c1-7-8(10)6-11-12(7)5-3-2-4-9/h6H,2-3,5,10H2,1H3. The molecule has 1 heterocycles. The van der Waals surface area contributed by atoms with Crippen molar-refractivity contribution in [2.75, 3.05) is 5.73 Å². The molecule has 0 saturated carbocycles. The van der Waals surface area contributed by atoms with Crippen molar-refractivity contribution in [2.24, 2.45) is 0 Å². The minimum atomic E-state index is 0.569. The number of aromatic nitrogens is 2. The Hall–Kier alpha value is -1.50. The van der Waals surface area contributed by atoms with E-state index >= 15 is 0 Å². The van der Waals surface area contributed by atoms with Crippen LogP contribution in [0.1, 0.15) is 18.5 Å². The van der Waals surface area contributed by atoms with Crippen molar-refractivity contribution >= 4 is 5.69 Å². The van der Waals surface area contributed by atoms with Crippen molar-refractivity contribution in [2.45, 2.75) is 26.3 Å². The average molecular weight is 164 g/mol. The number of hydrogen-bond acceptors (Lipinski definition) is 3. The molecule has 12 heavy (non-hydrogen) atoms. The quantitative estimate of drug-likeness (QED) is 0.679. The fourth-order valence-electron chi connectivity index (χ4n) is 0.994. The summed E-state index contributed by atoms with van der Waals surface area (Å²) in [6.07, 6.45) is 3.04. The van der Waals surface area contributed by atoms with Crippen LogP contribution in [0.15, 0.2) is 6.20 Å². The summed E-state index contributed by atoms with van der Waals surface area (Å²) < 4.78 is 1.83. The van der Waals surface area contributed by atoms with Crippen molar-refractivity contribution in [3.63, 3.8) is 0 Å². The topological polar surface area (TPSA) is 67.6 Å². The number of unbranched alkanes of at least 4 members (excludes halogenated alkanes) is 1. The zero-order valence-electron chi connectivity index (χ0n) is 7.12. The Morgan fingerprint density at radius 3 is 3.00 bits per heavy atom. The van der Waals surface area contributed by atoms with Gasteiger partial charge in [-0.25, -0.2) is 0 Å².